The maximum Gasteiger partial charge on any atom is 0.191 e. The van der Waals surface area contributed by atoms with Crippen LogP contribution in [0.1, 0.15) is 36.7 Å². The van der Waals surface area contributed by atoms with E-state index in [1.165, 1.54) is 0 Å². The lowest BCUT2D eigenvalue weighted by atomic mass is 10.1. The van der Waals surface area contributed by atoms with Crippen LogP contribution in [0.5, 0.6) is 0 Å². The Morgan fingerprint density at radius 2 is 2.08 bits per heavy atom. The molecule has 0 radical (unpaired) electrons. The second-order valence-corrected chi connectivity index (χ2v) is 5.71. The van der Waals surface area contributed by atoms with E-state index in [1.54, 1.807) is 25.3 Å². The number of rotatable bonds is 6. The number of aromatic nitrogens is 1. The standard InChI is InChI=1S/C19H25FN4.HI/c1-4-21-19(23-12-10-17-7-5-6-11-22-17)24-15(3)16-9-8-14(2)18(20)13-16;/h5-9,11,13,15H,4,10,12H2,1-3H3,(H2,21,23,24);1H. The van der Waals surface area contributed by atoms with Crippen molar-refractivity contribution in [3.05, 3.63) is 65.2 Å². The molecule has 25 heavy (non-hydrogen) atoms. The number of guanidine groups is 1. The van der Waals surface area contributed by atoms with Crippen molar-refractivity contribution in [1.82, 2.24) is 15.6 Å². The molecule has 1 unspecified atom stereocenters. The molecular formula is C19H26FIN4. The molecule has 0 spiro atoms. The fraction of sp³-hybridized carbons (Fsp3) is 0.368. The molecule has 0 bridgehead atoms. The van der Waals surface area contributed by atoms with Crippen LogP contribution in [0.3, 0.4) is 0 Å². The molecule has 6 heteroatoms. The van der Waals surface area contributed by atoms with Crippen LogP contribution in [0.4, 0.5) is 4.39 Å². The van der Waals surface area contributed by atoms with Crippen LogP contribution >= 0.6 is 24.0 Å². The highest BCUT2D eigenvalue weighted by molar-refractivity contribution is 14.0. The van der Waals surface area contributed by atoms with E-state index in [0.717, 1.165) is 30.2 Å². The van der Waals surface area contributed by atoms with Crippen molar-refractivity contribution in [3.63, 3.8) is 0 Å². The summed E-state index contributed by atoms with van der Waals surface area (Å²) in [5.41, 5.74) is 2.57. The van der Waals surface area contributed by atoms with Gasteiger partial charge in [0.2, 0.25) is 0 Å². The Kier molecular flexibility index (Phi) is 9.41. The predicted octanol–water partition coefficient (Wildman–Crippen LogP) is 4.01. The summed E-state index contributed by atoms with van der Waals surface area (Å²) < 4.78 is 13.7. The van der Waals surface area contributed by atoms with Gasteiger partial charge in [-0.15, -0.1) is 24.0 Å². The lowest BCUT2D eigenvalue weighted by Crippen LogP contribution is -2.39. The Hall–Kier alpha value is -1.70. The lowest BCUT2D eigenvalue weighted by Gasteiger charge is -2.18. The van der Waals surface area contributed by atoms with Gasteiger partial charge in [-0.25, -0.2) is 4.39 Å². The Morgan fingerprint density at radius 1 is 1.28 bits per heavy atom. The summed E-state index contributed by atoms with van der Waals surface area (Å²) in [7, 11) is 0. The highest BCUT2D eigenvalue weighted by atomic mass is 127. The maximum atomic E-state index is 13.7. The second-order valence-electron chi connectivity index (χ2n) is 5.71. The fourth-order valence-electron chi connectivity index (χ4n) is 2.32. The van der Waals surface area contributed by atoms with Crippen molar-refractivity contribution in [2.45, 2.75) is 33.2 Å². The maximum absolute atomic E-state index is 13.7. The Morgan fingerprint density at radius 3 is 2.72 bits per heavy atom. The molecule has 4 nitrogen and oxygen atoms in total. The van der Waals surface area contributed by atoms with E-state index in [2.05, 4.69) is 20.6 Å². The normalized spacial score (nSPS) is 12.2. The van der Waals surface area contributed by atoms with Gasteiger partial charge in [0.25, 0.3) is 0 Å². The van der Waals surface area contributed by atoms with Crippen molar-refractivity contribution in [3.8, 4) is 0 Å². The van der Waals surface area contributed by atoms with E-state index in [-0.39, 0.29) is 35.8 Å². The molecule has 0 amide bonds. The first-order valence-electron chi connectivity index (χ1n) is 8.31. The first kappa shape index (κ1) is 21.3. The number of aliphatic imine (C=N–C) groups is 1. The minimum Gasteiger partial charge on any atom is -0.357 e. The van der Waals surface area contributed by atoms with Crippen LogP contribution in [0.2, 0.25) is 0 Å². The molecule has 2 aromatic rings. The Labute approximate surface area is 166 Å². The summed E-state index contributed by atoms with van der Waals surface area (Å²) in [6.07, 6.45) is 2.57. The summed E-state index contributed by atoms with van der Waals surface area (Å²) in [5.74, 6) is 0.542. The molecule has 0 aliphatic carbocycles. The number of nitrogens with one attached hydrogen (secondary N) is 2. The van der Waals surface area contributed by atoms with E-state index >= 15 is 0 Å². The molecule has 2 N–H and O–H groups in total. The number of benzene rings is 1. The van der Waals surface area contributed by atoms with Gasteiger partial charge >= 0.3 is 0 Å². The van der Waals surface area contributed by atoms with Crippen LogP contribution in [-0.4, -0.2) is 24.0 Å². The average molecular weight is 456 g/mol. The second kappa shape index (κ2) is 11.0. The van der Waals surface area contributed by atoms with Crippen molar-refractivity contribution in [2.75, 3.05) is 13.1 Å². The number of aryl methyl sites for hydroxylation is 1. The summed E-state index contributed by atoms with van der Waals surface area (Å²) in [4.78, 5) is 8.87. The molecule has 0 fully saturated rings. The number of halogens is 2. The first-order chi connectivity index (χ1) is 11.6. The Balaban J connectivity index is 0.00000312. The summed E-state index contributed by atoms with van der Waals surface area (Å²) >= 11 is 0. The zero-order valence-corrected chi connectivity index (χ0v) is 17.3. The Bertz CT molecular complexity index is 676. The number of hydrogen-bond donors (Lipinski definition) is 2. The predicted molar refractivity (Wildman–Crippen MR) is 112 cm³/mol. The third kappa shape index (κ3) is 6.97. The number of hydrogen-bond acceptors (Lipinski definition) is 2. The molecule has 0 saturated carbocycles. The van der Waals surface area contributed by atoms with Gasteiger partial charge in [-0.1, -0.05) is 18.2 Å². The summed E-state index contributed by atoms with van der Waals surface area (Å²) in [6.45, 7) is 7.19. The van der Waals surface area contributed by atoms with Crippen molar-refractivity contribution >= 4 is 29.9 Å². The van der Waals surface area contributed by atoms with Crippen LogP contribution in [0, 0.1) is 12.7 Å². The molecule has 0 aliphatic rings. The SMILES string of the molecule is CCNC(=NCCc1ccccn1)NC(C)c1ccc(C)c(F)c1.I. The van der Waals surface area contributed by atoms with Gasteiger partial charge in [-0.3, -0.25) is 9.98 Å². The van der Waals surface area contributed by atoms with Crippen molar-refractivity contribution in [1.29, 1.82) is 0 Å². The monoisotopic (exact) mass is 456 g/mol. The minimum absolute atomic E-state index is 0. The van der Waals surface area contributed by atoms with Crippen LogP contribution in [-0.2, 0) is 6.42 Å². The third-order valence-corrected chi connectivity index (χ3v) is 3.76. The zero-order valence-electron chi connectivity index (χ0n) is 14.9. The molecule has 1 aromatic carbocycles. The molecule has 0 aliphatic heterocycles. The van der Waals surface area contributed by atoms with Gasteiger partial charge in [0.1, 0.15) is 5.82 Å². The van der Waals surface area contributed by atoms with Crippen LogP contribution < -0.4 is 10.6 Å². The highest BCUT2D eigenvalue weighted by Gasteiger charge is 2.09. The van der Waals surface area contributed by atoms with E-state index in [1.807, 2.05) is 38.1 Å². The summed E-state index contributed by atoms with van der Waals surface area (Å²) in [6, 6.07) is 11.1. The molecular weight excluding hydrogens is 430 g/mol. The minimum atomic E-state index is -0.182. The molecule has 2 rings (SSSR count). The van der Waals surface area contributed by atoms with Crippen molar-refractivity contribution < 1.29 is 4.39 Å². The van der Waals surface area contributed by atoms with E-state index in [9.17, 15) is 4.39 Å². The van der Waals surface area contributed by atoms with Crippen molar-refractivity contribution in [2.24, 2.45) is 4.99 Å². The van der Waals surface area contributed by atoms with Gasteiger partial charge in [-0.05, 0) is 50.1 Å². The molecule has 1 atom stereocenters. The average Bonchev–Trinajstić information content (AvgIpc) is 2.58. The van der Waals surface area contributed by atoms with Gasteiger partial charge in [-0.2, -0.15) is 0 Å². The van der Waals surface area contributed by atoms with Gasteiger partial charge in [0.05, 0.1) is 6.04 Å². The zero-order chi connectivity index (χ0) is 17.4. The highest BCUT2D eigenvalue weighted by Crippen LogP contribution is 2.16. The largest absolute Gasteiger partial charge is 0.357 e. The van der Waals surface area contributed by atoms with Crippen LogP contribution in [0.15, 0.2) is 47.6 Å². The third-order valence-electron chi connectivity index (χ3n) is 3.76. The topological polar surface area (TPSA) is 49.3 Å². The molecule has 1 heterocycles. The van der Waals surface area contributed by atoms with E-state index in [4.69, 9.17) is 0 Å². The van der Waals surface area contributed by atoms with Crippen LogP contribution in [0.25, 0.3) is 0 Å². The molecule has 0 saturated heterocycles. The number of pyridine rings is 1. The van der Waals surface area contributed by atoms with Gasteiger partial charge in [0.15, 0.2) is 5.96 Å². The molecule has 136 valence electrons. The van der Waals surface area contributed by atoms with Gasteiger partial charge in [0, 0.05) is 31.4 Å². The molecule has 1 aromatic heterocycles. The summed E-state index contributed by atoms with van der Waals surface area (Å²) in [5, 5.41) is 6.54. The number of nitrogens with zero attached hydrogens (tertiary/aromatic N) is 2. The first-order valence-corrected chi connectivity index (χ1v) is 8.31. The fourth-order valence-corrected chi connectivity index (χ4v) is 2.32. The smallest absolute Gasteiger partial charge is 0.191 e. The quantitative estimate of drug-likeness (QED) is 0.393. The van der Waals surface area contributed by atoms with Gasteiger partial charge < -0.3 is 10.6 Å². The van der Waals surface area contributed by atoms with E-state index in [0.29, 0.717) is 12.1 Å². The lowest BCUT2D eigenvalue weighted by molar-refractivity contribution is 0.607. The van der Waals surface area contributed by atoms with E-state index < -0.39 is 0 Å².